The first-order valence-electron chi connectivity index (χ1n) is 10.8. The van der Waals surface area contributed by atoms with Crippen molar-refractivity contribution >= 4 is 23.5 Å². The number of fused-ring (bicyclic) bond motifs is 1. The molecule has 162 valence electrons. The summed E-state index contributed by atoms with van der Waals surface area (Å²) in [7, 11) is 0. The molecule has 0 radical (unpaired) electrons. The minimum atomic E-state index is -0.578. The van der Waals surface area contributed by atoms with Gasteiger partial charge in [-0.15, -0.1) is 0 Å². The normalized spacial score (nSPS) is 20.0. The minimum Gasteiger partial charge on any atom is -0.454 e. The molecule has 1 aliphatic carbocycles. The standard InChI is InChI=1S/C22H28N2O6/c25-19(15-28-21(27)14-24-12-6-1-3-7-20(24)26)23-16-8-9-17-18(13-16)30-22(29-17)10-4-2-5-11-22/h8-9,13H,1-7,10-12,14-15H2,(H,23,25). The van der Waals surface area contributed by atoms with Gasteiger partial charge in [-0.1, -0.05) is 12.8 Å². The highest BCUT2D eigenvalue weighted by Crippen LogP contribution is 2.46. The fraction of sp³-hybridized carbons (Fsp3) is 0.591. The van der Waals surface area contributed by atoms with Gasteiger partial charge in [-0.05, 0) is 37.8 Å². The second-order valence-electron chi connectivity index (χ2n) is 8.17. The van der Waals surface area contributed by atoms with Crippen LogP contribution >= 0.6 is 0 Å². The number of rotatable bonds is 5. The Morgan fingerprint density at radius 2 is 1.80 bits per heavy atom. The van der Waals surface area contributed by atoms with E-state index in [9.17, 15) is 14.4 Å². The number of nitrogens with one attached hydrogen (secondary N) is 1. The number of esters is 1. The maximum absolute atomic E-state index is 12.2. The first kappa shape index (κ1) is 20.5. The van der Waals surface area contributed by atoms with Crippen LogP contribution in [-0.4, -0.2) is 48.2 Å². The van der Waals surface area contributed by atoms with Gasteiger partial charge in [-0.2, -0.15) is 0 Å². The number of carbonyl (C=O) groups excluding carboxylic acids is 3. The van der Waals surface area contributed by atoms with Gasteiger partial charge in [-0.25, -0.2) is 0 Å². The van der Waals surface area contributed by atoms with Crippen LogP contribution in [0.4, 0.5) is 5.69 Å². The van der Waals surface area contributed by atoms with E-state index in [1.807, 2.05) is 0 Å². The van der Waals surface area contributed by atoms with Gasteiger partial charge in [0.05, 0.1) is 0 Å². The Kier molecular flexibility index (Phi) is 6.11. The summed E-state index contributed by atoms with van der Waals surface area (Å²) < 4.78 is 17.1. The van der Waals surface area contributed by atoms with Gasteiger partial charge in [0.2, 0.25) is 5.91 Å². The zero-order chi connectivity index (χ0) is 21.0. The Bertz CT molecular complexity index is 818. The molecular weight excluding hydrogens is 388 g/mol. The first-order chi connectivity index (χ1) is 14.5. The number of nitrogens with zero attached hydrogens (tertiary/aromatic N) is 1. The molecule has 1 N–H and O–H groups in total. The average Bonchev–Trinajstić information content (AvgIpc) is 2.94. The smallest absolute Gasteiger partial charge is 0.326 e. The van der Waals surface area contributed by atoms with E-state index in [1.54, 1.807) is 18.2 Å². The second-order valence-corrected chi connectivity index (χ2v) is 8.17. The molecule has 30 heavy (non-hydrogen) atoms. The van der Waals surface area contributed by atoms with Crippen molar-refractivity contribution in [3.63, 3.8) is 0 Å². The number of carbonyl (C=O) groups is 3. The summed E-state index contributed by atoms with van der Waals surface area (Å²) in [5.74, 6) is -0.328. The molecule has 1 spiro atoms. The summed E-state index contributed by atoms with van der Waals surface area (Å²) in [6, 6.07) is 5.25. The fourth-order valence-electron chi connectivity index (χ4n) is 4.22. The topological polar surface area (TPSA) is 94.2 Å². The van der Waals surface area contributed by atoms with Crippen molar-refractivity contribution in [2.45, 2.75) is 63.6 Å². The van der Waals surface area contributed by atoms with Crippen LogP contribution in [-0.2, 0) is 19.1 Å². The Hall–Kier alpha value is -2.77. The molecule has 1 aromatic carbocycles. The lowest BCUT2D eigenvalue weighted by Gasteiger charge is -2.31. The summed E-state index contributed by atoms with van der Waals surface area (Å²) in [6.07, 6.45) is 8.23. The molecule has 0 unspecified atom stereocenters. The van der Waals surface area contributed by atoms with Gasteiger partial charge in [0, 0.05) is 37.6 Å². The van der Waals surface area contributed by atoms with E-state index in [4.69, 9.17) is 14.2 Å². The van der Waals surface area contributed by atoms with Crippen LogP contribution < -0.4 is 14.8 Å². The maximum Gasteiger partial charge on any atom is 0.326 e. The second kappa shape index (κ2) is 8.93. The SMILES string of the molecule is O=C(COC(=O)CN1CCCCCC1=O)Nc1ccc2c(c1)OC1(CCCCC1)O2. The first-order valence-corrected chi connectivity index (χ1v) is 10.8. The molecule has 0 aromatic heterocycles. The van der Waals surface area contributed by atoms with Crippen molar-refractivity contribution in [3.8, 4) is 11.5 Å². The van der Waals surface area contributed by atoms with Gasteiger partial charge in [0.25, 0.3) is 11.7 Å². The molecule has 2 heterocycles. The molecule has 4 rings (SSSR count). The number of anilines is 1. The number of likely N-dealkylation sites (tertiary alicyclic amines) is 1. The highest BCUT2D eigenvalue weighted by Gasteiger charge is 2.42. The van der Waals surface area contributed by atoms with Crippen LogP contribution in [0, 0.1) is 0 Å². The molecule has 2 fully saturated rings. The van der Waals surface area contributed by atoms with Gasteiger partial charge in [0.1, 0.15) is 6.54 Å². The monoisotopic (exact) mass is 416 g/mol. The number of hydrogen-bond donors (Lipinski definition) is 1. The van der Waals surface area contributed by atoms with Crippen molar-refractivity contribution in [2.75, 3.05) is 25.0 Å². The lowest BCUT2D eigenvalue weighted by atomic mass is 9.94. The summed E-state index contributed by atoms with van der Waals surface area (Å²) in [4.78, 5) is 37.7. The Morgan fingerprint density at radius 1 is 1.03 bits per heavy atom. The van der Waals surface area contributed by atoms with Crippen LogP contribution in [0.5, 0.6) is 11.5 Å². The zero-order valence-corrected chi connectivity index (χ0v) is 17.1. The van der Waals surface area contributed by atoms with Crippen LogP contribution in [0.1, 0.15) is 57.8 Å². The maximum atomic E-state index is 12.2. The van der Waals surface area contributed by atoms with Gasteiger partial charge >= 0.3 is 5.97 Å². The third-order valence-corrected chi connectivity index (χ3v) is 5.79. The van der Waals surface area contributed by atoms with Crippen LogP contribution in [0.2, 0.25) is 0 Å². The third-order valence-electron chi connectivity index (χ3n) is 5.79. The van der Waals surface area contributed by atoms with Crippen molar-refractivity contribution in [1.82, 2.24) is 4.90 Å². The van der Waals surface area contributed by atoms with E-state index in [1.165, 1.54) is 11.3 Å². The number of ether oxygens (including phenoxy) is 3. The third kappa shape index (κ3) is 4.86. The van der Waals surface area contributed by atoms with E-state index >= 15 is 0 Å². The van der Waals surface area contributed by atoms with E-state index in [0.29, 0.717) is 30.2 Å². The lowest BCUT2D eigenvalue weighted by molar-refractivity contribution is -0.151. The molecule has 2 amide bonds. The molecule has 8 heteroatoms. The van der Waals surface area contributed by atoms with E-state index in [0.717, 1.165) is 44.9 Å². The Morgan fingerprint density at radius 3 is 2.63 bits per heavy atom. The Balaban J connectivity index is 1.25. The summed E-state index contributed by atoms with van der Waals surface area (Å²) in [6.45, 7) is 0.0380. The minimum absolute atomic E-state index is 0.0370. The molecule has 3 aliphatic rings. The highest BCUT2D eigenvalue weighted by atomic mass is 16.7. The van der Waals surface area contributed by atoms with Crippen LogP contribution in [0.15, 0.2) is 18.2 Å². The van der Waals surface area contributed by atoms with Gasteiger partial charge in [-0.3, -0.25) is 14.4 Å². The molecule has 2 aliphatic heterocycles. The molecule has 0 bridgehead atoms. The van der Waals surface area contributed by atoms with E-state index < -0.39 is 24.3 Å². The number of benzene rings is 1. The Labute approximate surface area is 175 Å². The molecule has 0 atom stereocenters. The quantitative estimate of drug-likeness (QED) is 0.742. The molecule has 1 saturated carbocycles. The van der Waals surface area contributed by atoms with Crippen molar-refractivity contribution in [3.05, 3.63) is 18.2 Å². The average molecular weight is 416 g/mol. The molecule has 1 saturated heterocycles. The molecular formula is C22H28N2O6. The highest BCUT2D eigenvalue weighted by molar-refractivity contribution is 5.93. The predicted octanol–water partition coefficient (Wildman–Crippen LogP) is 3.00. The molecule has 1 aromatic rings. The van der Waals surface area contributed by atoms with Gasteiger partial charge in [0.15, 0.2) is 18.1 Å². The van der Waals surface area contributed by atoms with Crippen molar-refractivity contribution < 1.29 is 28.6 Å². The van der Waals surface area contributed by atoms with Crippen LogP contribution in [0.3, 0.4) is 0 Å². The van der Waals surface area contributed by atoms with Crippen molar-refractivity contribution in [2.24, 2.45) is 0 Å². The summed E-state index contributed by atoms with van der Waals surface area (Å²) >= 11 is 0. The zero-order valence-electron chi connectivity index (χ0n) is 17.1. The number of hydrogen-bond acceptors (Lipinski definition) is 6. The lowest BCUT2D eigenvalue weighted by Crippen LogP contribution is -2.40. The number of amides is 2. The van der Waals surface area contributed by atoms with Crippen molar-refractivity contribution in [1.29, 1.82) is 0 Å². The fourth-order valence-corrected chi connectivity index (χ4v) is 4.22. The van der Waals surface area contributed by atoms with Crippen LogP contribution in [0.25, 0.3) is 0 Å². The summed E-state index contributed by atoms with van der Waals surface area (Å²) in [5, 5.41) is 2.71. The summed E-state index contributed by atoms with van der Waals surface area (Å²) in [5.41, 5.74) is 0.550. The van der Waals surface area contributed by atoms with E-state index in [2.05, 4.69) is 5.32 Å². The molecule has 8 nitrogen and oxygen atoms in total. The van der Waals surface area contributed by atoms with E-state index in [-0.39, 0.29) is 12.5 Å². The predicted molar refractivity (Wildman–Crippen MR) is 108 cm³/mol. The largest absolute Gasteiger partial charge is 0.454 e. The van der Waals surface area contributed by atoms with Gasteiger partial charge < -0.3 is 24.4 Å².